The second-order valence-corrected chi connectivity index (χ2v) is 14.8. The molecular formula is C45H84O4. The van der Waals surface area contributed by atoms with Crippen LogP contribution in [0.15, 0.2) is 24.3 Å². The number of carboxylic acid groups (broad SMARTS) is 1. The third kappa shape index (κ3) is 44.4. The molecule has 0 aromatic carbocycles. The highest BCUT2D eigenvalue weighted by Crippen LogP contribution is 2.16. The molecule has 4 heteroatoms. The van der Waals surface area contributed by atoms with E-state index in [4.69, 9.17) is 9.84 Å². The molecule has 1 N–H and O–H groups in total. The molecule has 0 aliphatic heterocycles. The average molecular weight is 689 g/mol. The second kappa shape index (κ2) is 42.6. The quantitative estimate of drug-likeness (QED) is 0.0394. The Labute approximate surface area is 306 Å². The Morgan fingerprint density at radius 3 is 1.12 bits per heavy atom. The molecule has 0 unspecified atom stereocenters. The van der Waals surface area contributed by atoms with Gasteiger partial charge in [0.25, 0.3) is 0 Å². The number of hydrogen-bond donors (Lipinski definition) is 1. The van der Waals surface area contributed by atoms with Gasteiger partial charge in [-0.2, -0.15) is 0 Å². The fourth-order valence-electron chi connectivity index (χ4n) is 6.61. The lowest BCUT2D eigenvalue weighted by molar-refractivity contribution is -0.144. The molecular weight excluding hydrogens is 604 g/mol. The Bertz CT molecular complexity index is 728. The number of carboxylic acids is 1. The van der Waals surface area contributed by atoms with Crippen molar-refractivity contribution < 1.29 is 19.4 Å². The predicted molar refractivity (Wildman–Crippen MR) is 213 cm³/mol. The summed E-state index contributed by atoms with van der Waals surface area (Å²) >= 11 is 0. The molecule has 0 radical (unpaired) electrons. The van der Waals surface area contributed by atoms with Crippen LogP contribution in [0.1, 0.15) is 244 Å². The molecule has 0 aromatic rings. The normalized spacial score (nSPS) is 11.7. The van der Waals surface area contributed by atoms with Crippen molar-refractivity contribution in [2.75, 3.05) is 6.61 Å². The second-order valence-electron chi connectivity index (χ2n) is 14.8. The first-order valence-electron chi connectivity index (χ1n) is 21.8. The Hall–Kier alpha value is -1.58. The summed E-state index contributed by atoms with van der Waals surface area (Å²) in [5.74, 6) is -0.653. The minimum absolute atomic E-state index is 0.00357. The lowest BCUT2D eigenvalue weighted by Gasteiger charge is -2.06. The number of allylic oxidation sites excluding steroid dienone is 4. The molecule has 0 amide bonds. The van der Waals surface area contributed by atoms with Crippen molar-refractivity contribution in [3.8, 4) is 0 Å². The molecule has 0 saturated carbocycles. The Morgan fingerprint density at radius 2 is 0.735 bits per heavy atom. The SMILES string of the molecule is CCCCC/C=C\C/C=C\CCCCCCCC(=O)OCCCCCCCCCCCCCCCCCCCCCCCCCCC(=O)O. The molecule has 0 atom stereocenters. The molecule has 0 bridgehead atoms. The third-order valence-corrected chi connectivity index (χ3v) is 9.88. The first kappa shape index (κ1) is 47.4. The largest absolute Gasteiger partial charge is 0.481 e. The van der Waals surface area contributed by atoms with Crippen LogP contribution >= 0.6 is 0 Å². The zero-order valence-corrected chi connectivity index (χ0v) is 32.9. The van der Waals surface area contributed by atoms with Crippen molar-refractivity contribution in [3.63, 3.8) is 0 Å². The summed E-state index contributed by atoms with van der Waals surface area (Å²) in [4.78, 5) is 22.5. The minimum Gasteiger partial charge on any atom is -0.481 e. The molecule has 49 heavy (non-hydrogen) atoms. The maximum absolute atomic E-state index is 12.0. The number of esters is 1. The van der Waals surface area contributed by atoms with E-state index in [-0.39, 0.29) is 5.97 Å². The van der Waals surface area contributed by atoms with Gasteiger partial charge < -0.3 is 9.84 Å². The highest BCUT2D eigenvalue weighted by molar-refractivity contribution is 5.69. The van der Waals surface area contributed by atoms with E-state index in [0.717, 1.165) is 38.5 Å². The summed E-state index contributed by atoms with van der Waals surface area (Å²) in [6.45, 7) is 2.86. The fourth-order valence-corrected chi connectivity index (χ4v) is 6.61. The molecule has 0 aliphatic carbocycles. The van der Waals surface area contributed by atoms with Crippen molar-refractivity contribution in [3.05, 3.63) is 24.3 Å². The van der Waals surface area contributed by atoms with Crippen LogP contribution in [0.2, 0.25) is 0 Å². The van der Waals surface area contributed by atoms with Crippen LogP contribution in [0.5, 0.6) is 0 Å². The van der Waals surface area contributed by atoms with E-state index in [9.17, 15) is 9.59 Å². The molecule has 4 nitrogen and oxygen atoms in total. The molecule has 0 spiro atoms. The molecule has 0 heterocycles. The van der Waals surface area contributed by atoms with Gasteiger partial charge in [0.2, 0.25) is 0 Å². The molecule has 0 aliphatic rings. The van der Waals surface area contributed by atoms with Crippen LogP contribution < -0.4 is 0 Å². The zero-order chi connectivity index (χ0) is 35.6. The van der Waals surface area contributed by atoms with Crippen LogP contribution in [0.4, 0.5) is 0 Å². The first-order chi connectivity index (χ1) is 24.2. The molecule has 0 saturated heterocycles. The number of ether oxygens (including phenoxy) is 1. The van der Waals surface area contributed by atoms with E-state index in [2.05, 4.69) is 31.2 Å². The van der Waals surface area contributed by atoms with Gasteiger partial charge in [-0.1, -0.05) is 205 Å². The highest BCUT2D eigenvalue weighted by atomic mass is 16.5. The minimum atomic E-state index is -0.656. The van der Waals surface area contributed by atoms with Gasteiger partial charge in [-0.15, -0.1) is 0 Å². The summed E-state index contributed by atoms with van der Waals surface area (Å²) in [5, 5.41) is 8.65. The Balaban J connectivity index is 3.18. The van der Waals surface area contributed by atoms with Crippen LogP contribution in [-0.2, 0) is 14.3 Å². The van der Waals surface area contributed by atoms with Crippen LogP contribution in [0.25, 0.3) is 0 Å². The maximum atomic E-state index is 12.0. The molecule has 288 valence electrons. The lowest BCUT2D eigenvalue weighted by atomic mass is 10.0. The number of aliphatic carboxylic acids is 1. The van der Waals surface area contributed by atoms with Gasteiger partial charge in [0, 0.05) is 12.8 Å². The van der Waals surface area contributed by atoms with Gasteiger partial charge in [-0.25, -0.2) is 0 Å². The van der Waals surface area contributed by atoms with E-state index in [1.807, 2.05) is 0 Å². The summed E-state index contributed by atoms with van der Waals surface area (Å²) in [6, 6.07) is 0. The van der Waals surface area contributed by atoms with Gasteiger partial charge in [-0.05, 0) is 51.4 Å². The first-order valence-corrected chi connectivity index (χ1v) is 21.8. The maximum Gasteiger partial charge on any atom is 0.305 e. The van der Waals surface area contributed by atoms with Crippen molar-refractivity contribution in [2.24, 2.45) is 0 Å². The van der Waals surface area contributed by atoms with Gasteiger partial charge in [-0.3, -0.25) is 9.59 Å². The van der Waals surface area contributed by atoms with E-state index >= 15 is 0 Å². The predicted octanol–water partition coefficient (Wildman–Crippen LogP) is 15.2. The number of carbonyl (C=O) groups is 2. The van der Waals surface area contributed by atoms with Gasteiger partial charge in [0.15, 0.2) is 0 Å². The third-order valence-electron chi connectivity index (χ3n) is 9.88. The molecule has 0 rings (SSSR count). The van der Waals surface area contributed by atoms with Crippen molar-refractivity contribution in [1.29, 1.82) is 0 Å². The topological polar surface area (TPSA) is 63.6 Å². The number of carbonyl (C=O) groups excluding carboxylic acids is 1. The van der Waals surface area contributed by atoms with E-state index in [1.165, 1.54) is 186 Å². The van der Waals surface area contributed by atoms with Gasteiger partial charge in [0.05, 0.1) is 6.61 Å². The zero-order valence-electron chi connectivity index (χ0n) is 32.9. The van der Waals surface area contributed by atoms with Crippen LogP contribution in [0, 0.1) is 0 Å². The fraction of sp³-hybridized carbons (Fsp3) is 0.867. The Morgan fingerprint density at radius 1 is 0.408 bits per heavy atom. The summed E-state index contributed by atoms with van der Waals surface area (Å²) in [7, 11) is 0. The highest BCUT2D eigenvalue weighted by Gasteiger charge is 2.03. The number of hydrogen-bond acceptors (Lipinski definition) is 3. The van der Waals surface area contributed by atoms with E-state index < -0.39 is 5.97 Å². The van der Waals surface area contributed by atoms with Crippen LogP contribution in [-0.4, -0.2) is 23.7 Å². The van der Waals surface area contributed by atoms with Crippen molar-refractivity contribution >= 4 is 11.9 Å². The molecule has 0 aromatic heterocycles. The van der Waals surface area contributed by atoms with E-state index in [0.29, 0.717) is 19.4 Å². The van der Waals surface area contributed by atoms with Crippen LogP contribution in [0.3, 0.4) is 0 Å². The Kier molecular flexibility index (Phi) is 41.2. The monoisotopic (exact) mass is 689 g/mol. The van der Waals surface area contributed by atoms with Crippen molar-refractivity contribution in [2.45, 2.75) is 244 Å². The number of rotatable bonds is 41. The summed E-state index contributed by atoms with van der Waals surface area (Å²) < 4.78 is 5.45. The standard InChI is InChI=1S/C45H84O4/c1-2-3-4-5-6-7-8-9-20-24-27-30-33-36-39-42-45(48)49-43-40-37-34-31-28-25-22-19-17-15-13-11-10-12-14-16-18-21-23-26-29-32-35-38-41-44(46)47/h6-7,9,20H,2-5,8,10-19,21-43H2,1H3,(H,46,47)/b7-6-,20-9-. The summed E-state index contributed by atoms with van der Waals surface area (Å²) in [6.07, 6.45) is 55.0. The smallest absolute Gasteiger partial charge is 0.305 e. The molecule has 0 fully saturated rings. The average Bonchev–Trinajstić information content (AvgIpc) is 3.09. The number of unbranched alkanes of at least 4 members (excludes halogenated alkanes) is 31. The van der Waals surface area contributed by atoms with Gasteiger partial charge >= 0.3 is 11.9 Å². The van der Waals surface area contributed by atoms with Crippen molar-refractivity contribution in [1.82, 2.24) is 0 Å². The lowest BCUT2D eigenvalue weighted by Crippen LogP contribution is -2.05. The summed E-state index contributed by atoms with van der Waals surface area (Å²) in [5.41, 5.74) is 0. The van der Waals surface area contributed by atoms with E-state index in [1.54, 1.807) is 0 Å². The van der Waals surface area contributed by atoms with Gasteiger partial charge in [0.1, 0.15) is 0 Å².